The number of hydrogen-bond donors (Lipinski definition) is 3. The van der Waals surface area contributed by atoms with Gasteiger partial charge in [-0.05, 0) is 57.6 Å². The molecule has 2 N–H and O–H groups in total. The van der Waals surface area contributed by atoms with Crippen molar-refractivity contribution in [2.24, 2.45) is 5.92 Å². The Labute approximate surface area is 310 Å². The molecule has 3 aliphatic rings. The zero-order valence-corrected chi connectivity index (χ0v) is 32.3. The number of benzene rings is 1. The van der Waals surface area contributed by atoms with E-state index in [0.29, 0.717) is 23.6 Å². The van der Waals surface area contributed by atoms with Crippen molar-refractivity contribution in [3.63, 3.8) is 0 Å². The number of rotatable bonds is 7. The Morgan fingerprint density at radius 2 is 1.94 bits per heavy atom. The van der Waals surface area contributed by atoms with Gasteiger partial charge in [-0.3, -0.25) is 14.9 Å². The third-order valence-electron chi connectivity index (χ3n) is 10.4. The van der Waals surface area contributed by atoms with Gasteiger partial charge in [-0.1, -0.05) is 42.3 Å². The van der Waals surface area contributed by atoms with Gasteiger partial charge in [-0.25, -0.2) is 9.59 Å². The maximum Gasteiger partial charge on any atom is 0.410 e. The molecule has 2 saturated heterocycles. The second-order valence-electron chi connectivity index (χ2n) is 14.0. The minimum atomic E-state index is -1.86. The SMILES string of the molecule is COc1cc2cc(c1Cl)N(C)C(=O)C[C@H](OC(=O)[C@H](C)N(C)C(=O)CCS)[C@@]1(C)O[C@H]1[C@H](C)[C@]1(C)C[C@@](O)(NC(=O)O1)[C@H](OC)/C=C/C=C(\C)C2. The van der Waals surface area contributed by atoms with Gasteiger partial charge < -0.3 is 38.6 Å². The zero-order chi connectivity index (χ0) is 38.1. The van der Waals surface area contributed by atoms with Gasteiger partial charge in [0.1, 0.15) is 40.2 Å². The number of fused-ring (bicyclic) bond motifs is 5. The number of esters is 1. The van der Waals surface area contributed by atoms with Crippen LogP contribution in [0, 0.1) is 5.92 Å². The van der Waals surface area contributed by atoms with Crippen LogP contribution >= 0.6 is 24.2 Å². The second-order valence-corrected chi connectivity index (χ2v) is 14.9. The lowest BCUT2D eigenvalue weighted by Gasteiger charge is -2.47. The molecular formula is C36H50ClN3O10S. The smallest absolute Gasteiger partial charge is 0.410 e. The quantitative estimate of drug-likeness (QED) is 0.210. The molecule has 8 atom stereocenters. The highest BCUT2D eigenvalue weighted by Crippen LogP contribution is 2.52. The van der Waals surface area contributed by atoms with E-state index < -0.39 is 65.2 Å². The van der Waals surface area contributed by atoms with Gasteiger partial charge in [0.15, 0.2) is 5.72 Å². The average molecular weight is 752 g/mol. The molecule has 3 aliphatic heterocycles. The van der Waals surface area contributed by atoms with Crippen molar-refractivity contribution in [2.75, 3.05) is 39.0 Å². The summed E-state index contributed by atoms with van der Waals surface area (Å²) in [5.74, 6) is -1.37. The Bertz CT molecular complexity index is 1590. The summed E-state index contributed by atoms with van der Waals surface area (Å²) in [6.45, 7) is 8.67. The number of ether oxygens (including phenoxy) is 5. The summed E-state index contributed by atoms with van der Waals surface area (Å²) in [7, 11) is 5.99. The first-order valence-electron chi connectivity index (χ1n) is 16.8. The van der Waals surface area contributed by atoms with Gasteiger partial charge in [0.2, 0.25) is 11.8 Å². The Hall–Kier alpha value is -3.30. The predicted molar refractivity (Wildman–Crippen MR) is 194 cm³/mol. The first-order chi connectivity index (χ1) is 23.8. The Kier molecular flexibility index (Phi) is 12.5. The topological polar surface area (TPSA) is 156 Å². The maximum atomic E-state index is 14.1. The molecule has 4 rings (SSSR count). The molecule has 1 aromatic rings. The first-order valence-corrected chi connectivity index (χ1v) is 17.8. The van der Waals surface area contributed by atoms with E-state index in [1.54, 1.807) is 52.1 Å². The van der Waals surface area contributed by atoms with E-state index in [4.69, 9.17) is 35.3 Å². The highest BCUT2D eigenvalue weighted by atomic mass is 35.5. The zero-order valence-electron chi connectivity index (χ0n) is 30.7. The largest absolute Gasteiger partial charge is 0.495 e. The van der Waals surface area contributed by atoms with Crippen LogP contribution in [0.1, 0.15) is 59.4 Å². The number of alkyl carbamates (subject to hydrolysis) is 1. The maximum absolute atomic E-state index is 14.1. The number of carbonyl (C=O) groups is 4. The Morgan fingerprint density at radius 3 is 2.57 bits per heavy atom. The van der Waals surface area contributed by atoms with Crippen LogP contribution in [0.25, 0.3) is 0 Å². The standard InChI is InChI=1S/C36H50ClN3O10S/c1-20-11-10-12-26(47-9)36(45)19-34(4,50-33(44)38-36)21(2)31-35(5,49-31)27(48-32(43)22(3)39(6)28(41)13-14-51)18-29(42)40(7)24-16-23(15-20)17-25(46-8)30(24)37/h10-12,16-17,21-22,26-27,31,45,51H,13-15,18-19H2,1-9H3,(H,38,44)/b12-10+,20-11+/t21-,22-,26+,27-,31-,34-,35+,36-/m0/s1. The predicted octanol–water partition coefficient (Wildman–Crippen LogP) is 4.22. The molecule has 0 aliphatic carbocycles. The summed E-state index contributed by atoms with van der Waals surface area (Å²) in [4.78, 5) is 56.0. The van der Waals surface area contributed by atoms with Crippen molar-refractivity contribution in [1.29, 1.82) is 0 Å². The molecule has 3 heterocycles. The van der Waals surface area contributed by atoms with Crippen molar-refractivity contribution >= 4 is 53.8 Å². The molecule has 0 aromatic heterocycles. The lowest BCUT2D eigenvalue weighted by molar-refractivity contribution is -0.173. The number of halogens is 1. The Balaban J connectivity index is 1.81. The lowest BCUT2D eigenvalue weighted by atomic mass is 9.75. The fourth-order valence-corrected chi connectivity index (χ4v) is 7.32. The number of amides is 3. The van der Waals surface area contributed by atoms with Crippen LogP contribution in [0.2, 0.25) is 5.02 Å². The van der Waals surface area contributed by atoms with E-state index >= 15 is 0 Å². The van der Waals surface area contributed by atoms with E-state index in [9.17, 15) is 24.3 Å². The number of epoxide rings is 1. The van der Waals surface area contributed by atoms with Crippen molar-refractivity contribution in [1.82, 2.24) is 10.2 Å². The molecule has 2 fully saturated rings. The number of nitrogens with zero attached hydrogens (tertiary/aromatic N) is 2. The molecule has 0 saturated carbocycles. The average Bonchev–Trinajstić information content (AvgIpc) is 3.76. The highest BCUT2D eigenvalue weighted by molar-refractivity contribution is 7.80. The van der Waals surface area contributed by atoms with Crippen molar-refractivity contribution in [2.45, 2.75) is 102 Å². The number of likely N-dealkylation sites (N-methyl/N-ethyl adjacent to an activating group) is 1. The molecule has 13 nitrogen and oxygen atoms in total. The fourth-order valence-electron chi connectivity index (χ4n) is 6.82. The monoisotopic (exact) mass is 751 g/mol. The third-order valence-corrected chi connectivity index (χ3v) is 11.0. The molecule has 0 radical (unpaired) electrons. The lowest BCUT2D eigenvalue weighted by Crippen LogP contribution is -2.67. The van der Waals surface area contributed by atoms with Crippen molar-refractivity contribution in [3.8, 4) is 5.75 Å². The number of methoxy groups -OCH3 is 2. The molecule has 4 bridgehead atoms. The van der Waals surface area contributed by atoms with E-state index in [-0.39, 0.29) is 30.2 Å². The Morgan fingerprint density at radius 1 is 1.25 bits per heavy atom. The molecule has 51 heavy (non-hydrogen) atoms. The number of allylic oxidation sites excluding steroid dienone is 3. The number of hydrogen-bond acceptors (Lipinski definition) is 11. The second kappa shape index (κ2) is 15.7. The van der Waals surface area contributed by atoms with Gasteiger partial charge >= 0.3 is 12.1 Å². The summed E-state index contributed by atoms with van der Waals surface area (Å²) in [5, 5.41) is 14.6. The first kappa shape index (κ1) is 40.5. The van der Waals surface area contributed by atoms with E-state index in [1.165, 1.54) is 38.0 Å². The third kappa shape index (κ3) is 8.51. The minimum Gasteiger partial charge on any atom is -0.495 e. The number of carbonyl (C=O) groups excluding carboxylic acids is 4. The van der Waals surface area contributed by atoms with Crippen LogP contribution in [0.4, 0.5) is 10.5 Å². The molecule has 1 aromatic carbocycles. The fraction of sp³-hybridized carbons (Fsp3) is 0.611. The van der Waals surface area contributed by atoms with Crippen LogP contribution in [-0.4, -0.2) is 109 Å². The van der Waals surface area contributed by atoms with Gasteiger partial charge in [-0.15, -0.1) is 0 Å². The summed E-state index contributed by atoms with van der Waals surface area (Å²) in [6.07, 6.45) is 1.80. The summed E-state index contributed by atoms with van der Waals surface area (Å²) in [6, 6.07) is 2.60. The van der Waals surface area contributed by atoms with Crippen LogP contribution in [0.5, 0.6) is 5.75 Å². The van der Waals surface area contributed by atoms with Crippen LogP contribution < -0.4 is 15.0 Å². The molecule has 0 spiro atoms. The highest BCUT2D eigenvalue weighted by Gasteiger charge is 2.67. The molecule has 282 valence electrons. The molecule has 3 amide bonds. The molecular weight excluding hydrogens is 702 g/mol. The number of anilines is 1. The van der Waals surface area contributed by atoms with Crippen LogP contribution in [-0.2, 0) is 39.8 Å². The summed E-state index contributed by atoms with van der Waals surface area (Å²) in [5.41, 5.74) is -2.26. The molecule has 0 unspecified atom stereocenters. The normalized spacial score (nSPS) is 33.4. The number of thiol groups is 1. The van der Waals surface area contributed by atoms with Crippen molar-refractivity contribution < 1.29 is 48.0 Å². The number of nitrogens with one attached hydrogen (secondary N) is 1. The van der Waals surface area contributed by atoms with Gasteiger partial charge in [0, 0.05) is 40.0 Å². The minimum absolute atomic E-state index is 0.0836. The van der Waals surface area contributed by atoms with Crippen LogP contribution in [0.15, 0.2) is 35.9 Å². The van der Waals surface area contributed by atoms with Crippen LogP contribution in [0.3, 0.4) is 0 Å². The van der Waals surface area contributed by atoms with Gasteiger partial charge in [0.05, 0.1) is 25.3 Å². The van der Waals surface area contributed by atoms with E-state index in [0.717, 1.165) is 11.1 Å². The van der Waals surface area contributed by atoms with Gasteiger partial charge in [-0.2, -0.15) is 12.6 Å². The van der Waals surface area contributed by atoms with E-state index in [2.05, 4.69) is 17.9 Å². The van der Waals surface area contributed by atoms with Gasteiger partial charge in [0.25, 0.3) is 0 Å². The summed E-state index contributed by atoms with van der Waals surface area (Å²) >= 11 is 10.9. The van der Waals surface area contributed by atoms with Crippen molar-refractivity contribution in [3.05, 3.63) is 46.5 Å². The molecule has 15 heteroatoms. The summed E-state index contributed by atoms with van der Waals surface area (Å²) < 4.78 is 29.4. The van der Waals surface area contributed by atoms with E-state index in [1.807, 2.05) is 13.0 Å². The number of aliphatic hydroxyl groups is 1.